The van der Waals surface area contributed by atoms with Crippen LogP contribution in [0.25, 0.3) is 10.8 Å². The summed E-state index contributed by atoms with van der Waals surface area (Å²) in [7, 11) is 0. The fourth-order valence-corrected chi connectivity index (χ4v) is 1.99. The second-order valence-electron chi connectivity index (χ2n) is 4.54. The van der Waals surface area contributed by atoms with Crippen LogP contribution in [-0.2, 0) is 6.42 Å². The summed E-state index contributed by atoms with van der Waals surface area (Å²) in [6, 6.07) is 11.5. The highest BCUT2D eigenvalue weighted by Crippen LogP contribution is 2.24. The molecule has 0 aliphatic rings. The van der Waals surface area contributed by atoms with Crippen LogP contribution in [-0.4, -0.2) is 23.4 Å². The van der Waals surface area contributed by atoms with Crippen LogP contribution in [0.3, 0.4) is 0 Å². The summed E-state index contributed by atoms with van der Waals surface area (Å²) in [6.07, 6.45) is -7.21. The molecule has 0 saturated carbocycles. The van der Waals surface area contributed by atoms with Crippen molar-refractivity contribution in [3.8, 4) is 0 Å². The zero-order chi connectivity index (χ0) is 14.0. The molecule has 0 aromatic heterocycles. The number of halogens is 3. The molecule has 2 nitrogen and oxygen atoms in total. The largest absolute Gasteiger partial charge is 0.415 e. The van der Waals surface area contributed by atoms with Crippen LogP contribution in [0.1, 0.15) is 5.56 Å². The summed E-state index contributed by atoms with van der Waals surface area (Å²) < 4.78 is 37.0. The zero-order valence-corrected chi connectivity index (χ0v) is 10.1. The first-order valence-corrected chi connectivity index (χ1v) is 5.86. The van der Waals surface area contributed by atoms with Crippen molar-refractivity contribution < 1.29 is 18.3 Å². The van der Waals surface area contributed by atoms with Gasteiger partial charge < -0.3 is 10.8 Å². The Balaban J connectivity index is 2.17. The van der Waals surface area contributed by atoms with Crippen molar-refractivity contribution in [1.82, 2.24) is 0 Å². The van der Waals surface area contributed by atoms with E-state index in [9.17, 15) is 13.2 Å². The average Bonchev–Trinajstić information content (AvgIpc) is 2.36. The lowest BCUT2D eigenvalue weighted by molar-refractivity contribution is -0.209. The van der Waals surface area contributed by atoms with Gasteiger partial charge in [-0.3, -0.25) is 0 Å². The molecule has 0 spiro atoms. The summed E-state index contributed by atoms with van der Waals surface area (Å²) in [5.41, 5.74) is 6.08. The first-order valence-electron chi connectivity index (χ1n) is 5.86. The minimum absolute atomic E-state index is 0.0223. The molecule has 102 valence electrons. The Morgan fingerprint density at radius 1 is 1.05 bits per heavy atom. The van der Waals surface area contributed by atoms with E-state index in [1.807, 2.05) is 30.3 Å². The Bertz CT molecular complexity index is 568. The highest BCUT2D eigenvalue weighted by atomic mass is 19.4. The third kappa shape index (κ3) is 3.24. The van der Waals surface area contributed by atoms with E-state index in [1.165, 1.54) is 0 Å². The summed E-state index contributed by atoms with van der Waals surface area (Å²) in [4.78, 5) is 0. The van der Waals surface area contributed by atoms with E-state index in [0.717, 1.165) is 10.8 Å². The van der Waals surface area contributed by atoms with Crippen LogP contribution < -0.4 is 5.73 Å². The van der Waals surface area contributed by atoms with Crippen molar-refractivity contribution in [2.24, 2.45) is 5.73 Å². The van der Waals surface area contributed by atoms with Gasteiger partial charge in [-0.05, 0) is 22.8 Å². The van der Waals surface area contributed by atoms with Gasteiger partial charge in [0.15, 0.2) is 6.10 Å². The Kier molecular flexibility index (Phi) is 3.78. The second-order valence-corrected chi connectivity index (χ2v) is 4.54. The first-order chi connectivity index (χ1) is 8.88. The van der Waals surface area contributed by atoms with Crippen LogP contribution in [0.5, 0.6) is 0 Å². The molecule has 2 rings (SSSR count). The van der Waals surface area contributed by atoms with Gasteiger partial charge in [0, 0.05) is 6.04 Å². The topological polar surface area (TPSA) is 46.2 Å². The molecule has 0 amide bonds. The zero-order valence-electron chi connectivity index (χ0n) is 10.1. The number of rotatable bonds is 3. The normalized spacial score (nSPS) is 15.4. The molecule has 0 bridgehead atoms. The van der Waals surface area contributed by atoms with Crippen LogP contribution in [0.4, 0.5) is 13.2 Å². The number of hydrogen-bond acceptors (Lipinski definition) is 2. The number of fused-ring (bicyclic) bond motifs is 1. The Morgan fingerprint density at radius 2 is 1.68 bits per heavy atom. The smallest absolute Gasteiger partial charge is 0.382 e. The van der Waals surface area contributed by atoms with E-state index in [1.54, 1.807) is 12.1 Å². The van der Waals surface area contributed by atoms with Gasteiger partial charge in [0.05, 0.1) is 0 Å². The fourth-order valence-electron chi connectivity index (χ4n) is 1.99. The summed E-state index contributed by atoms with van der Waals surface area (Å²) in [5.74, 6) is 0. The fraction of sp³-hybridized carbons (Fsp3) is 0.286. The third-order valence-corrected chi connectivity index (χ3v) is 3.03. The van der Waals surface area contributed by atoms with E-state index in [-0.39, 0.29) is 6.42 Å². The molecule has 2 aromatic carbocycles. The molecular formula is C14H14F3NO. The third-order valence-electron chi connectivity index (χ3n) is 3.03. The van der Waals surface area contributed by atoms with Crippen LogP contribution >= 0.6 is 0 Å². The first kappa shape index (κ1) is 13.8. The van der Waals surface area contributed by atoms with Crippen molar-refractivity contribution in [3.63, 3.8) is 0 Å². The number of nitrogens with two attached hydrogens (primary N) is 1. The lowest BCUT2D eigenvalue weighted by atomic mass is 9.99. The van der Waals surface area contributed by atoms with E-state index >= 15 is 0 Å². The molecule has 0 saturated heterocycles. The van der Waals surface area contributed by atoms with Gasteiger partial charge in [-0.2, -0.15) is 13.2 Å². The lowest BCUT2D eigenvalue weighted by Gasteiger charge is -2.21. The van der Waals surface area contributed by atoms with Gasteiger partial charge in [0.1, 0.15) is 0 Å². The molecule has 0 aliphatic heterocycles. The van der Waals surface area contributed by atoms with Crippen molar-refractivity contribution >= 4 is 10.8 Å². The highest BCUT2D eigenvalue weighted by Gasteiger charge is 2.42. The molecule has 2 atom stereocenters. The van der Waals surface area contributed by atoms with Gasteiger partial charge in [0.2, 0.25) is 0 Å². The standard InChI is InChI=1S/C14H14F3NO/c15-14(16,17)13(19)12(18)8-9-5-6-10-3-1-2-4-11(10)7-9/h1-7,12-13,19H,8,18H2/t12-,13-/m0/s1. The monoisotopic (exact) mass is 269 g/mol. The van der Waals surface area contributed by atoms with E-state index in [0.29, 0.717) is 5.56 Å². The van der Waals surface area contributed by atoms with Crippen LogP contribution in [0, 0.1) is 0 Å². The molecule has 0 unspecified atom stereocenters. The maximum absolute atomic E-state index is 12.3. The van der Waals surface area contributed by atoms with Gasteiger partial charge in [-0.25, -0.2) is 0 Å². The van der Waals surface area contributed by atoms with E-state index in [2.05, 4.69) is 0 Å². The summed E-state index contributed by atoms with van der Waals surface area (Å²) in [5, 5.41) is 11.0. The number of hydrogen-bond donors (Lipinski definition) is 2. The van der Waals surface area contributed by atoms with Crippen molar-refractivity contribution in [2.75, 3.05) is 0 Å². The maximum Gasteiger partial charge on any atom is 0.415 e. The minimum Gasteiger partial charge on any atom is -0.382 e. The molecule has 0 radical (unpaired) electrons. The van der Waals surface area contributed by atoms with Crippen molar-refractivity contribution in [3.05, 3.63) is 48.0 Å². The predicted molar refractivity (Wildman–Crippen MR) is 67.7 cm³/mol. The van der Waals surface area contributed by atoms with Gasteiger partial charge in [-0.1, -0.05) is 42.5 Å². The van der Waals surface area contributed by atoms with Gasteiger partial charge >= 0.3 is 6.18 Å². The number of aliphatic hydroxyl groups is 1. The second kappa shape index (κ2) is 5.19. The van der Waals surface area contributed by atoms with Crippen molar-refractivity contribution in [1.29, 1.82) is 0 Å². The molecule has 5 heteroatoms. The van der Waals surface area contributed by atoms with E-state index in [4.69, 9.17) is 10.8 Å². The van der Waals surface area contributed by atoms with Crippen LogP contribution in [0.2, 0.25) is 0 Å². The quantitative estimate of drug-likeness (QED) is 0.899. The average molecular weight is 269 g/mol. The van der Waals surface area contributed by atoms with E-state index < -0.39 is 18.3 Å². The Morgan fingerprint density at radius 3 is 2.32 bits per heavy atom. The summed E-state index contributed by atoms with van der Waals surface area (Å²) in [6.45, 7) is 0. The summed E-state index contributed by atoms with van der Waals surface area (Å²) >= 11 is 0. The molecule has 0 aliphatic carbocycles. The predicted octanol–water partition coefficient (Wildman–Crippen LogP) is 2.63. The number of aliphatic hydroxyl groups excluding tert-OH is 1. The number of alkyl halides is 3. The molecular weight excluding hydrogens is 255 g/mol. The lowest BCUT2D eigenvalue weighted by Crippen LogP contribution is -2.46. The molecule has 3 N–H and O–H groups in total. The Labute approximate surface area is 108 Å². The van der Waals surface area contributed by atoms with Crippen LogP contribution in [0.15, 0.2) is 42.5 Å². The SMILES string of the molecule is N[C@@H](Cc1ccc2ccccc2c1)[C@H](O)C(F)(F)F. The minimum atomic E-state index is -4.68. The number of benzene rings is 2. The molecule has 2 aromatic rings. The van der Waals surface area contributed by atoms with Gasteiger partial charge in [-0.15, -0.1) is 0 Å². The Hall–Kier alpha value is -1.59. The molecule has 19 heavy (non-hydrogen) atoms. The molecule has 0 heterocycles. The van der Waals surface area contributed by atoms with Gasteiger partial charge in [0.25, 0.3) is 0 Å². The highest BCUT2D eigenvalue weighted by molar-refractivity contribution is 5.82. The maximum atomic E-state index is 12.3. The van der Waals surface area contributed by atoms with Crippen molar-refractivity contribution in [2.45, 2.75) is 24.7 Å². The molecule has 0 fully saturated rings.